The summed E-state index contributed by atoms with van der Waals surface area (Å²) in [6.45, 7) is 5.85. The molecule has 1 fully saturated rings. The Morgan fingerprint density at radius 2 is 2.21 bits per heavy atom. The van der Waals surface area contributed by atoms with E-state index in [9.17, 15) is 9.59 Å². The minimum Gasteiger partial charge on any atom is -0.352 e. The summed E-state index contributed by atoms with van der Waals surface area (Å²) in [5, 5.41) is 12.7. The predicted molar refractivity (Wildman–Crippen MR) is 93.7 cm³/mol. The summed E-state index contributed by atoms with van der Waals surface area (Å²) in [4.78, 5) is 23.9. The molecule has 1 saturated carbocycles. The number of rotatable bonds is 8. The van der Waals surface area contributed by atoms with E-state index in [2.05, 4.69) is 27.6 Å². The lowest BCUT2D eigenvalue weighted by atomic mass is 10.1. The SMILES string of the molecule is C=CCC(CC)NC(=O)Nc1cnn(CC(=O)NC2CCCC2)c1. The number of aromatic nitrogens is 2. The van der Waals surface area contributed by atoms with Gasteiger partial charge in [0.15, 0.2) is 0 Å². The lowest BCUT2D eigenvalue weighted by Crippen LogP contribution is -2.37. The topological polar surface area (TPSA) is 88.1 Å². The van der Waals surface area contributed by atoms with Crippen LogP contribution in [0.5, 0.6) is 0 Å². The lowest BCUT2D eigenvalue weighted by Gasteiger charge is -2.15. The molecule has 0 aliphatic heterocycles. The molecule has 7 nitrogen and oxygen atoms in total. The number of carbonyl (C=O) groups is 2. The fourth-order valence-corrected chi connectivity index (χ4v) is 2.89. The number of carbonyl (C=O) groups excluding carboxylic acids is 2. The number of nitrogens with zero attached hydrogens (tertiary/aromatic N) is 2. The number of urea groups is 1. The van der Waals surface area contributed by atoms with Crippen molar-refractivity contribution in [2.75, 3.05) is 5.32 Å². The fraction of sp³-hybridized carbons (Fsp3) is 0.588. The molecule has 1 aliphatic carbocycles. The molecule has 1 atom stereocenters. The molecule has 7 heteroatoms. The number of amides is 3. The van der Waals surface area contributed by atoms with Crippen LogP contribution in [0.1, 0.15) is 45.4 Å². The Bertz CT molecular complexity index is 563. The third kappa shape index (κ3) is 5.72. The Morgan fingerprint density at radius 3 is 2.88 bits per heavy atom. The van der Waals surface area contributed by atoms with E-state index in [4.69, 9.17) is 0 Å². The minimum absolute atomic E-state index is 0.0435. The average molecular weight is 333 g/mol. The molecule has 24 heavy (non-hydrogen) atoms. The van der Waals surface area contributed by atoms with Gasteiger partial charge in [0.25, 0.3) is 0 Å². The van der Waals surface area contributed by atoms with E-state index < -0.39 is 0 Å². The Kier molecular flexibility index (Phi) is 6.84. The van der Waals surface area contributed by atoms with Gasteiger partial charge < -0.3 is 16.0 Å². The molecule has 2 rings (SSSR count). The molecule has 3 N–H and O–H groups in total. The first-order valence-corrected chi connectivity index (χ1v) is 8.61. The molecule has 3 amide bonds. The number of anilines is 1. The van der Waals surface area contributed by atoms with Crippen LogP contribution < -0.4 is 16.0 Å². The highest BCUT2D eigenvalue weighted by atomic mass is 16.2. The maximum absolute atomic E-state index is 12.0. The van der Waals surface area contributed by atoms with Crippen LogP contribution in [-0.2, 0) is 11.3 Å². The molecule has 1 unspecified atom stereocenters. The second-order valence-corrected chi connectivity index (χ2v) is 6.20. The Labute approximate surface area is 142 Å². The Balaban J connectivity index is 1.78. The molecular formula is C17H27N5O2. The first kappa shape index (κ1) is 18.0. The van der Waals surface area contributed by atoms with Crippen molar-refractivity contribution in [2.24, 2.45) is 0 Å². The molecule has 1 aliphatic rings. The van der Waals surface area contributed by atoms with Crippen LogP contribution in [0.3, 0.4) is 0 Å². The van der Waals surface area contributed by atoms with Crippen molar-refractivity contribution < 1.29 is 9.59 Å². The molecule has 132 valence electrons. The quantitative estimate of drug-likeness (QED) is 0.638. The highest BCUT2D eigenvalue weighted by molar-refractivity contribution is 5.89. The maximum atomic E-state index is 12.0. The van der Waals surface area contributed by atoms with Gasteiger partial charge in [0.2, 0.25) is 5.91 Å². The van der Waals surface area contributed by atoms with E-state index in [1.165, 1.54) is 23.7 Å². The van der Waals surface area contributed by atoms with Crippen molar-refractivity contribution in [1.29, 1.82) is 0 Å². The predicted octanol–water partition coefficient (Wildman–Crippen LogP) is 2.42. The van der Waals surface area contributed by atoms with E-state index >= 15 is 0 Å². The van der Waals surface area contributed by atoms with Gasteiger partial charge in [-0.15, -0.1) is 6.58 Å². The van der Waals surface area contributed by atoms with Crippen LogP contribution in [-0.4, -0.2) is 33.8 Å². The average Bonchev–Trinajstić information content (AvgIpc) is 3.19. The summed E-state index contributed by atoms with van der Waals surface area (Å²) in [6.07, 6.45) is 11.0. The molecule has 1 aromatic rings. The second-order valence-electron chi connectivity index (χ2n) is 6.20. The molecular weight excluding hydrogens is 306 g/mol. The van der Waals surface area contributed by atoms with E-state index in [1.807, 2.05) is 6.92 Å². The highest BCUT2D eigenvalue weighted by Crippen LogP contribution is 2.17. The number of hydrogen-bond donors (Lipinski definition) is 3. The van der Waals surface area contributed by atoms with Crippen molar-refractivity contribution >= 4 is 17.6 Å². The zero-order valence-electron chi connectivity index (χ0n) is 14.3. The molecule has 0 saturated heterocycles. The van der Waals surface area contributed by atoms with Crippen molar-refractivity contribution in [3.8, 4) is 0 Å². The fourth-order valence-electron chi connectivity index (χ4n) is 2.89. The second kappa shape index (κ2) is 9.10. The van der Waals surface area contributed by atoms with Crippen LogP contribution in [0.4, 0.5) is 10.5 Å². The minimum atomic E-state index is -0.279. The molecule has 0 aromatic carbocycles. The smallest absolute Gasteiger partial charge is 0.319 e. The van der Waals surface area contributed by atoms with Gasteiger partial charge in [0.1, 0.15) is 6.54 Å². The molecule has 0 bridgehead atoms. The van der Waals surface area contributed by atoms with Gasteiger partial charge >= 0.3 is 6.03 Å². The Hall–Kier alpha value is -2.31. The first-order valence-electron chi connectivity index (χ1n) is 8.61. The molecule has 1 aromatic heterocycles. The summed E-state index contributed by atoms with van der Waals surface area (Å²) in [7, 11) is 0. The van der Waals surface area contributed by atoms with Gasteiger partial charge in [-0.25, -0.2) is 4.79 Å². The third-order valence-corrected chi connectivity index (χ3v) is 4.20. The molecule has 0 radical (unpaired) electrons. The maximum Gasteiger partial charge on any atom is 0.319 e. The zero-order chi connectivity index (χ0) is 17.4. The van der Waals surface area contributed by atoms with E-state index in [1.54, 1.807) is 12.3 Å². The van der Waals surface area contributed by atoms with Gasteiger partial charge in [-0.3, -0.25) is 9.48 Å². The van der Waals surface area contributed by atoms with Gasteiger partial charge in [0.05, 0.1) is 11.9 Å². The highest BCUT2D eigenvalue weighted by Gasteiger charge is 2.17. The monoisotopic (exact) mass is 333 g/mol. The molecule has 0 spiro atoms. The first-order chi connectivity index (χ1) is 11.6. The Morgan fingerprint density at radius 1 is 1.46 bits per heavy atom. The largest absolute Gasteiger partial charge is 0.352 e. The molecule has 1 heterocycles. The van der Waals surface area contributed by atoms with E-state index in [0.29, 0.717) is 11.7 Å². The summed E-state index contributed by atoms with van der Waals surface area (Å²) >= 11 is 0. The normalized spacial score (nSPS) is 15.7. The number of hydrogen-bond acceptors (Lipinski definition) is 3. The van der Waals surface area contributed by atoms with Gasteiger partial charge in [-0.05, 0) is 25.7 Å². The summed E-state index contributed by atoms with van der Waals surface area (Å²) in [5.41, 5.74) is 0.564. The van der Waals surface area contributed by atoms with Crippen LogP contribution in [0.2, 0.25) is 0 Å². The van der Waals surface area contributed by atoms with Crippen molar-refractivity contribution in [3.63, 3.8) is 0 Å². The van der Waals surface area contributed by atoms with Crippen LogP contribution in [0.25, 0.3) is 0 Å². The zero-order valence-corrected chi connectivity index (χ0v) is 14.3. The standard InChI is InChI=1S/C17H27N5O2/c1-3-7-13(4-2)20-17(24)21-15-10-18-22(11-15)12-16(23)19-14-8-5-6-9-14/h3,10-11,13-14H,1,4-9,12H2,2H3,(H,19,23)(H2,20,21,24). The summed E-state index contributed by atoms with van der Waals surface area (Å²) in [6, 6.07) is 0.0839. The van der Waals surface area contributed by atoms with Crippen molar-refractivity contribution in [2.45, 2.75) is 64.1 Å². The van der Waals surface area contributed by atoms with Gasteiger partial charge in [0, 0.05) is 18.3 Å². The van der Waals surface area contributed by atoms with Crippen molar-refractivity contribution in [3.05, 3.63) is 25.0 Å². The van der Waals surface area contributed by atoms with Gasteiger partial charge in [-0.2, -0.15) is 5.10 Å². The number of nitrogens with one attached hydrogen (secondary N) is 3. The summed E-state index contributed by atoms with van der Waals surface area (Å²) < 4.78 is 1.53. The van der Waals surface area contributed by atoms with E-state index in [-0.39, 0.29) is 24.5 Å². The summed E-state index contributed by atoms with van der Waals surface area (Å²) in [5.74, 6) is -0.0435. The van der Waals surface area contributed by atoms with E-state index in [0.717, 1.165) is 25.7 Å². The lowest BCUT2D eigenvalue weighted by molar-refractivity contribution is -0.122. The van der Waals surface area contributed by atoms with Crippen LogP contribution in [0.15, 0.2) is 25.0 Å². The van der Waals surface area contributed by atoms with Gasteiger partial charge in [-0.1, -0.05) is 25.8 Å². The third-order valence-electron chi connectivity index (χ3n) is 4.20. The van der Waals surface area contributed by atoms with Crippen LogP contribution in [0, 0.1) is 0 Å². The van der Waals surface area contributed by atoms with Crippen LogP contribution >= 0.6 is 0 Å². The van der Waals surface area contributed by atoms with Crippen molar-refractivity contribution in [1.82, 2.24) is 20.4 Å².